The lowest BCUT2D eigenvalue weighted by Gasteiger charge is -2.07. The number of halogens is 1. The van der Waals surface area contributed by atoms with Crippen molar-refractivity contribution in [2.45, 2.75) is 18.0 Å². The third-order valence-corrected chi connectivity index (χ3v) is 6.19. The average Bonchev–Trinajstić information content (AvgIpc) is 3.14. The van der Waals surface area contributed by atoms with Crippen molar-refractivity contribution in [2.24, 2.45) is 0 Å². The van der Waals surface area contributed by atoms with Gasteiger partial charge in [-0.05, 0) is 35.4 Å². The van der Waals surface area contributed by atoms with E-state index in [1.54, 1.807) is 42.3 Å². The molecule has 0 saturated heterocycles. The minimum absolute atomic E-state index is 0.00964. The molecule has 2 aromatic carbocycles. The van der Waals surface area contributed by atoms with Crippen LogP contribution in [0.2, 0.25) is 5.02 Å². The van der Waals surface area contributed by atoms with Crippen molar-refractivity contribution < 1.29 is 13.2 Å². The van der Waals surface area contributed by atoms with Crippen LogP contribution in [-0.4, -0.2) is 31.3 Å². The summed E-state index contributed by atoms with van der Waals surface area (Å²) in [4.78, 5) is 16.7. The van der Waals surface area contributed by atoms with Crippen LogP contribution >= 0.6 is 11.6 Å². The van der Waals surface area contributed by atoms with Crippen LogP contribution < -0.4 is 4.72 Å². The van der Waals surface area contributed by atoms with Crippen LogP contribution in [0.4, 0.5) is 0 Å². The molecule has 0 saturated carbocycles. The Morgan fingerprint density at radius 3 is 2.85 bits per heavy atom. The molecule has 0 radical (unpaired) electrons. The summed E-state index contributed by atoms with van der Waals surface area (Å²) >= 11 is 5.94. The monoisotopic (exact) mass is 389 g/mol. The van der Waals surface area contributed by atoms with Crippen molar-refractivity contribution >= 4 is 38.4 Å². The van der Waals surface area contributed by atoms with Gasteiger partial charge < -0.3 is 9.88 Å². The Hall–Kier alpha value is -2.35. The Labute approximate surface area is 155 Å². The highest BCUT2D eigenvalue weighted by Gasteiger charge is 2.24. The van der Waals surface area contributed by atoms with Gasteiger partial charge in [-0.1, -0.05) is 23.7 Å². The van der Waals surface area contributed by atoms with Crippen molar-refractivity contribution in [1.82, 2.24) is 14.6 Å². The molecule has 2 N–H and O–H groups in total. The van der Waals surface area contributed by atoms with Crippen LogP contribution in [0.25, 0.3) is 10.9 Å². The van der Waals surface area contributed by atoms with Crippen LogP contribution in [0.1, 0.15) is 21.5 Å². The lowest BCUT2D eigenvalue weighted by atomic mass is 10.1. The van der Waals surface area contributed by atoms with E-state index in [1.165, 1.54) is 6.20 Å². The van der Waals surface area contributed by atoms with Gasteiger partial charge in [-0.25, -0.2) is 13.1 Å². The topological polar surface area (TPSA) is 82.3 Å². The van der Waals surface area contributed by atoms with E-state index in [9.17, 15) is 13.2 Å². The highest BCUT2D eigenvalue weighted by Crippen LogP contribution is 2.26. The van der Waals surface area contributed by atoms with Gasteiger partial charge in [-0.2, -0.15) is 0 Å². The molecule has 4 rings (SSSR count). The Balaban J connectivity index is 1.57. The lowest BCUT2D eigenvalue weighted by Crippen LogP contribution is -2.23. The van der Waals surface area contributed by atoms with Gasteiger partial charge in [-0.15, -0.1) is 0 Å². The second-order valence-electron chi connectivity index (χ2n) is 6.32. The lowest BCUT2D eigenvalue weighted by molar-refractivity contribution is 0.0816. The molecule has 1 aliphatic heterocycles. The number of amides is 1. The molecular formula is C18H16ClN3O3S. The fourth-order valence-corrected chi connectivity index (χ4v) is 4.55. The summed E-state index contributed by atoms with van der Waals surface area (Å²) in [6.07, 6.45) is 1.46. The van der Waals surface area contributed by atoms with E-state index in [4.69, 9.17) is 11.6 Å². The first kappa shape index (κ1) is 17.1. The molecule has 26 heavy (non-hydrogen) atoms. The van der Waals surface area contributed by atoms with Gasteiger partial charge in [0.05, 0.1) is 0 Å². The summed E-state index contributed by atoms with van der Waals surface area (Å²) in [5.74, 6) is -0.00964. The fraction of sp³-hybridized carbons (Fsp3) is 0.167. The van der Waals surface area contributed by atoms with E-state index in [2.05, 4.69) is 9.71 Å². The predicted molar refractivity (Wildman–Crippen MR) is 99.6 cm³/mol. The molecular weight excluding hydrogens is 374 g/mol. The van der Waals surface area contributed by atoms with E-state index < -0.39 is 10.0 Å². The van der Waals surface area contributed by atoms with Crippen LogP contribution in [-0.2, 0) is 23.1 Å². The smallest absolute Gasteiger partial charge is 0.254 e. The largest absolute Gasteiger partial charge is 0.360 e. The molecule has 0 unspecified atom stereocenters. The van der Waals surface area contributed by atoms with Crippen molar-refractivity contribution in [3.63, 3.8) is 0 Å². The average molecular weight is 390 g/mol. The number of hydrogen-bond acceptors (Lipinski definition) is 3. The number of hydrogen-bond donors (Lipinski definition) is 2. The third-order valence-electron chi connectivity index (χ3n) is 4.52. The van der Waals surface area contributed by atoms with Crippen molar-refractivity contribution in [2.75, 3.05) is 7.05 Å². The molecule has 1 amide bonds. The van der Waals surface area contributed by atoms with Gasteiger partial charge in [0, 0.05) is 47.8 Å². The van der Waals surface area contributed by atoms with Crippen molar-refractivity contribution in [3.05, 3.63) is 64.3 Å². The summed E-state index contributed by atoms with van der Waals surface area (Å²) in [6, 6.07) is 10.4. The number of benzene rings is 2. The maximum atomic E-state index is 12.7. The second kappa shape index (κ2) is 6.12. The van der Waals surface area contributed by atoms with E-state index in [1.807, 2.05) is 6.07 Å². The number of nitrogens with zero attached hydrogens (tertiary/aromatic N) is 1. The highest BCUT2D eigenvalue weighted by molar-refractivity contribution is 7.89. The Morgan fingerprint density at radius 1 is 1.23 bits per heavy atom. The number of aromatic nitrogens is 1. The van der Waals surface area contributed by atoms with E-state index in [-0.39, 0.29) is 17.3 Å². The molecule has 3 aromatic rings. The van der Waals surface area contributed by atoms with Gasteiger partial charge in [0.25, 0.3) is 5.91 Å². The molecule has 1 aromatic heterocycles. The molecule has 2 heterocycles. The molecule has 0 fully saturated rings. The van der Waals surface area contributed by atoms with E-state index >= 15 is 0 Å². The summed E-state index contributed by atoms with van der Waals surface area (Å²) in [6.45, 7) is 0.686. The number of carbonyl (C=O) groups is 1. The van der Waals surface area contributed by atoms with Crippen LogP contribution in [0.5, 0.6) is 0 Å². The molecule has 134 valence electrons. The SMILES string of the molecule is CN1Cc2cc(CNS(=O)(=O)c3c[nH]c4cc(Cl)ccc34)ccc2C1=O. The molecule has 8 heteroatoms. The fourth-order valence-electron chi connectivity index (χ4n) is 3.18. The first-order valence-corrected chi connectivity index (χ1v) is 9.85. The van der Waals surface area contributed by atoms with Crippen molar-refractivity contribution in [1.29, 1.82) is 0 Å². The number of H-pyrrole nitrogens is 1. The maximum absolute atomic E-state index is 12.7. The number of nitrogens with one attached hydrogen (secondary N) is 2. The standard InChI is InChI=1S/C18H16ClN3O3S/c1-22-10-12-6-11(2-4-14(12)18(22)23)8-21-26(24,25)17-9-20-16-7-13(19)3-5-15(16)17/h2-7,9,20-21H,8,10H2,1H3. The first-order chi connectivity index (χ1) is 12.3. The zero-order valence-corrected chi connectivity index (χ0v) is 15.5. The molecule has 1 aliphatic rings. The number of carbonyl (C=O) groups excluding carboxylic acids is 1. The predicted octanol–water partition coefficient (Wildman–Crippen LogP) is 2.89. The van der Waals surface area contributed by atoms with E-state index in [0.29, 0.717) is 28.0 Å². The normalized spacial score (nSPS) is 14.2. The molecule has 0 atom stereocenters. The molecule has 0 spiro atoms. The quantitative estimate of drug-likeness (QED) is 0.719. The Morgan fingerprint density at radius 2 is 2.04 bits per heavy atom. The van der Waals surface area contributed by atoms with Crippen LogP contribution in [0.15, 0.2) is 47.5 Å². The van der Waals surface area contributed by atoms with Gasteiger partial charge in [0.1, 0.15) is 4.90 Å². The Kier molecular flexibility index (Phi) is 4.02. The number of rotatable bonds is 4. The zero-order chi connectivity index (χ0) is 18.5. The van der Waals surface area contributed by atoms with E-state index in [0.717, 1.165) is 11.1 Å². The molecule has 0 bridgehead atoms. The summed E-state index contributed by atoms with van der Waals surface area (Å²) in [5.41, 5.74) is 3.05. The summed E-state index contributed by atoms with van der Waals surface area (Å²) in [5, 5.41) is 1.12. The van der Waals surface area contributed by atoms with Gasteiger partial charge in [0.2, 0.25) is 10.0 Å². The highest BCUT2D eigenvalue weighted by atomic mass is 35.5. The number of aromatic amines is 1. The minimum Gasteiger partial charge on any atom is -0.360 e. The van der Waals surface area contributed by atoms with Crippen LogP contribution in [0.3, 0.4) is 0 Å². The Bertz CT molecular complexity index is 1140. The third kappa shape index (κ3) is 2.88. The summed E-state index contributed by atoms with van der Waals surface area (Å²) < 4.78 is 28.0. The second-order valence-corrected chi connectivity index (χ2v) is 8.49. The molecule has 0 aliphatic carbocycles. The molecule has 6 nitrogen and oxygen atoms in total. The van der Waals surface area contributed by atoms with Crippen LogP contribution in [0, 0.1) is 0 Å². The van der Waals surface area contributed by atoms with Gasteiger partial charge in [0.15, 0.2) is 0 Å². The summed E-state index contributed by atoms with van der Waals surface area (Å²) in [7, 11) is -1.95. The number of sulfonamides is 1. The van der Waals surface area contributed by atoms with Crippen molar-refractivity contribution in [3.8, 4) is 0 Å². The maximum Gasteiger partial charge on any atom is 0.254 e. The minimum atomic E-state index is -3.69. The zero-order valence-electron chi connectivity index (χ0n) is 13.9. The van der Waals surface area contributed by atoms with Gasteiger partial charge in [-0.3, -0.25) is 4.79 Å². The number of fused-ring (bicyclic) bond motifs is 2. The van der Waals surface area contributed by atoms with Gasteiger partial charge >= 0.3 is 0 Å². The first-order valence-electron chi connectivity index (χ1n) is 7.99.